The summed E-state index contributed by atoms with van der Waals surface area (Å²) in [5.41, 5.74) is -0.215. The Morgan fingerprint density at radius 1 is 1.11 bits per heavy atom. The molecule has 0 saturated heterocycles. The zero-order chi connectivity index (χ0) is 19.3. The molecule has 0 spiro atoms. The molecule has 0 atom stereocenters. The van der Waals surface area contributed by atoms with Crippen molar-refractivity contribution in [2.75, 3.05) is 19.5 Å². The van der Waals surface area contributed by atoms with E-state index in [1.54, 1.807) is 4.72 Å². The second-order valence-corrected chi connectivity index (χ2v) is 6.39. The van der Waals surface area contributed by atoms with E-state index < -0.39 is 26.9 Å². The number of carbonyl (C=O) groups excluding carboxylic acids is 2. The number of aryl methyl sites for hydroxylation is 1. The van der Waals surface area contributed by atoms with E-state index in [1.807, 2.05) is 0 Å². The Hall–Kier alpha value is -2.51. The smallest absolute Gasteiger partial charge is 1.00 e. The molecule has 0 fully saturated rings. The van der Waals surface area contributed by atoms with Crippen LogP contribution >= 0.6 is 0 Å². The van der Waals surface area contributed by atoms with Gasteiger partial charge in [-0.3, -0.25) is 5.32 Å². The van der Waals surface area contributed by atoms with E-state index in [-0.39, 0.29) is 49.3 Å². The van der Waals surface area contributed by atoms with Gasteiger partial charge in [-0.15, -0.1) is 0 Å². The van der Waals surface area contributed by atoms with Crippen LogP contribution in [0, 0.1) is 6.92 Å². The number of carbonyl (C=O) groups is 2. The number of nitrogens with one attached hydrogen (secondary N) is 2. The van der Waals surface area contributed by atoms with Crippen molar-refractivity contribution in [3.63, 3.8) is 0 Å². The van der Waals surface area contributed by atoms with E-state index in [0.29, 0.717) is 0 Å². The quantitative estimate of drug-likeness (QED) is 0.528. The third kappa shape index (κ3) is 5.73. The van der Waals surface area contributed by atoms with Crippen molar-refractivity contribution >= 4 is 51.0 Å². The third-order valence-electron chi connectivity index (χ3n) is 2.94. The molecular formula is C14H17MgN5O6S. The number of nitrogens with zero attached hydrogens (tertiary/aromatic N) is 3. The van der Waals surface area contributed by atoms with Gasteiger partial charge in [0.05, 0.1) is 19.8 Å². The van der Waals surface area contributed by atoms with Gasteiger partial charge in [0.2, 0.25) is 5.95 Å². The van der Waals surface area contributed by atoms with Crippen molar-refractivity contribution in [2.45, 2.75) is 11.8 Å². The maximum absolute atomic E-state index is 12.4. The van der Waals surface area contributed by atoms with Crippen LogP contribution in [0.2, 0.25) is 0 Å². The molecule has 2 aromatic rings. The van der Waals surface area contributed by atoms with Gasteiger partial charge < -0.3 is 12.3 Å². The molecule has 0 unspecified atom stereocenters. The zero-order valence-corrected chi connectivity index (χ0v) is 16.9. The molecule has 2 amide bonds. The number of sulfonamides is 1. The zero-order valence-electron chi connectivity index (χ0n) is 16.7. The molecule has 0 bridgehead atoms. The van der Waals surface area contributed by atoms with Crippen LogP contribution < -0.4 is 14.8 Å². The van der Waals surface area contributed by atoms with Gasteiger partial charge in [0.1, 0.15) is 10.7 Å². The SMILES string of the molecule is COC(=O)c1ccccc1S(=O)(=O)NC(=O)Nc1nc(C)nc(OC)n1.[H-].[H-].[Mg+2]. The summed E-state index contributed by atoms with van der Waals surface area (Å²) in [4.78, 5) is 34.7. The van der Waals surface area contributed by atoms with Gasteiger partial charge in [0.25, 0.3) is 10.0 Å². The topological polar surface area (TPSA) is 149 Å². The van der Waals surface area contributed by atoms with E-state index >= 15 is 0 Å². The molecule has 1 heterocycles. The van der Waals surface area contributed by atoms with Crippen LogP contribution in [0.3, 0.4) is 0 Å². The summed E-state index contributed by atoms with van der Waals surface area (Å²) in [6, 6.07) is 4.12. The molecule has 11 nitrogen and oxygen atoms in total. The Morgan fingerprint density at radius 3 is 2.41 bits per heavy atom. The predicted molar refractivity (Wildman–Crippen MR) is 96.2 cm³/mol. The molecule has 13 heteroatoms. The fourth-order valence-electron chi connectivity index (χ4n) is 1.89. The molecule has 2 N–H and O–H groups in total. The minimum absolute atomic E-state index is 0. The van der Waals surface area contributed by atoms with E-state index in [1.165, 1.54) is 32.2 Å². The van der Waals surface area contributed by atoms with Gasteiger partial charge in [0.15, 0.2) is 0 Å². The largest absolute Gasteiger partial charge is 2.00 e. The number of hydrogen-bond acceptors (Lipinski definition) is 9. The number of hydrogen-bond donors (Lipinski definition) is 2. The van der Waals surface area contributed by atoms with Crippen molar-refractivity contribution in [3.05, 3.63) is 35.7 Å². The molecule has 2 rings (SSSR count). The van der Waals surface area contributed by atoms with Crippen LogP contribution in [-0.2, 0) is 14.8 Å². The first kappa shape index (κ1) is 22.5. The van der Waals surface area contributed by atoms with Gasteiger partial charge in [0, 0.05) is 0 Å². The monoisotopic (exact) mass is 407 g/mol. The summed E-state index contributed by atoms with van der Waals surface area (Å²) in [6.45, 7) is 1.54. The van der Waals surface area contributed by atoms with Crippen LogP contribution in [0.4, 0.5) is 10.7 Å². The second-order valence-electron chi connectivity index (χ2n) is 4.74. The van der Waals surface area contributed by atoms with Crippen molar-refractivity contribution < 1.29 is 30.3 Å². The van der Waals surface area contributed by atoms with Crippen molar-refractivity contribution in [1.82, 2.24) is 19.7 Å². The summed E-state index contributed by atoms with van der Waals surface area (Å²) >= 11 is 0. The molecule has 0 saturated carbocycles. The first-order chi connectivity index (χ1) is 12.3. The van der Waals surface area contributed by atoms with Crippen molar-refractivity contribution in [1.29, 1.82) is 0 Å². The standard InChI is InChI=1S/C14H15N5O6S.Mg.2H/c1-8-15-12(18-14(16-8)25-3)17-13(21)19-26(22,23)10-7-5-4-6-9(10)11(20)24-2;;;/h4-7H,1-3H3,(H2,15,16,17,18,19,21);;;/q;+2;2*-1. The van der Waals surface area contributed by atoms with Crippen molar-refractivity contribution in [3.8, 4) is 6.01 Å². The summed E-state index contributed by atoms with van der Waals surface area (Å²) < 4.78 is 36.0. The minimum Gasteiger partial charge on any atom is -1.00 e. The Balaban J connectivity index is 0. The number of aromatic nitrogens is 3. The van der Waals surface area contributed by atoms with Gasteiger partial charge in [-0.1, -0.05) is 12.1 Å². The average Bonchev–Trinajstić information content (AvgIpc) is 2.59. The predicted octanol–water partition coefficient (Wildman–Crippen LogP) is 0.330. The van der Waals surface area contributed by atoms with E-state index in [9.17, 15) is 18.0 Å². The summed E-state index contributed by atoms with van der Waals surface area (Å²) in [7, 11) is -1.92. The summed E-state index contributed by atoms with van der Waals surface area (Å²) in [5, 5.41) is 2.16. The normalized spacial score (nSPS) is 10.3. The van der Waals surface area contributed by atoms with Crippen LogP contribution in [0.1, 0.15) is 19.0 Å². The third-order valence-corrected chi connectivity index (χ3v) is 4.33. The molecule has 142 valence electrons. The van der Waals surface area contributed by atoms with Gasteiger partial charge >= 0.3 is 41.1 Å². The molecule has 1 aromatic heterocycles. The number of amides is 2. The number of urea groups is 1. The van der Waals surface area contributed by atoms with Crippen LogP contribution in [0.25, 0.3) is 0 Å². The van der Waals surface area contributed by atoms with E-state index in [0.717, 1.165) is 13.2 Å². The number of ether oxygens (including phenoxy) is 2. The first-order valence-corrected chi connectivity index (χ1v) is 8.53. The summed E-state index contributed by atoms with van der Waals surface area (Å²) in [5.74, 6) is -0.807. The van der Waals surface area contributed by atoms with Gasteiger partial charge in [-0.25, -0.2) is 22.7 Å². The van der Waals surface area contributed by atoms with Crippen LogP contribution in [0.5, 0.6) is 6.01 Å². The second kappa shape index (κ2) is 9.43. The number of benzene rings is 1. The van der Waals surface area contributed by atoms with Crippen molar-refractivity contribution in [2.24, 2.45) is 0 Å². The molecule has 1 aromatic carbocycles. The Morgan fingerprint density at radius 2 is 1.78 bits per heavy atom. The molecule has 0 aliphatic carbocycles. The Bertz CT molecular complexity index is 963. The molecule has 27 heavy (non-hydrogen) atoms. The maximum Gasteiger partial charge on any atom is 2.00 e. The fourth-order valence-corrected chi connectivity index (χ4v) is 2.99. The number of rotatable bonds is 5. The average molecular weight is 408 g/mol. The van der Waals surface area contributed by atoms with E-state index in [2.05, 4.69) is 25.0 Å². The molecule has 0 aliphatic heterocycles. The van der Waals surface area contributed by atoms with Gasteiger partial charge in [-0.05, 0) is 19.1 Å². The minimum atomic E-state index is -4.36. The van der Waals surface area contributed by atoms with Crippen LogP contribution in [0.15, 0.2) is 29.2 Å². The molecule has 0 aliphatic rings. The first-order valence-electron chi connectivity index (χ1n) is 7.04. The molecule has 0 radical (unpaired) electrons. The van der Waals surface area contributed by atoms with Crippen LogP contribution in [-0.4, -0.2) is 72.6 Å². The van der Waals surface area contributed by atoms with E-state index in [4.69, 9.17) is 4.74 Å². The number of methoxy groups -OCH3 is 2. The molecular weight excluding hydrogens is 391 g/mol. The number of anilines is 1. The Kier molecular flexibility index (Phi) is 7.87. The summed E-state index contributed by atoms with van der Waals surface area (Å²) in [6.07, 6.45) is 0. The Labute approximate surface area is 174 Å². The fraction of sp³-hybridized carbons (Fsp3) is 0.214. The number of esters is 1. The van der Waals surface area contributed by atoms with Gasteiger partial charge in [-0.2, -0.15) is 15.0 Å². The maximum atomic E-state index is 12.4.